The molecule has 0 amide bonds. The van der Waals surface area contributed by atoms with Gasteiger partial charge in [-0.3, -0.25) is 0 Å². The monoisotopic (exact) mass is 1100 g/mol. The summed E-state index contributed by atoms with van der Waals surface area (Å²) in [5.41, 5.74) is 8.48. The Labute approximate surface area is 472 Å². The van der Waals surface area contributed by atoms with Crippen LogP contribution in [0.25, 0.3) is 0 Å². The molecule has 3 atom stereocenters. The lowest BCUT2D eigenvalue weighted by Crippen LogP contribution is -2.26. The van der Waals surface area contributed by atoms with E-state index in [9.17, 15) is 15.3 Å². The van der Waals surface area contributed by atoms with Gasteiger partial charge in [0.25, 0.3) is 0 Å². The Bertz CT molecular complexity index is 2630. The van der Waals surface area contributed by atoms with Gasteiger partial charge < -0.3 is 28.9 Å². The van der Waals surface area contributed by atoms with Gasteiger partial charge in [0.15, 0.2) is 0 Å². The highest BCUT2D eigenvalue weighted by molar-refractivity contribution is 8.00. The Morgan fingerprint density at radius 3 is 0.803 bits per heavy atom. The van der Waals surface area contributed by atoms with Crippen LogP contribution >= 0.6 is 43.9 Å². The minimum atomic E-state index is -2.19. The quantitative estimate of drug-likeness (QED) is 0.0610. The molecule has 0 bridgehead atoms. The third kappa shape index (κ3) is 14.5. The Morgan fingerprint density at radius 2 is 0.592 bits per heavy atom. The molecule has 6 rings (SSSR count). The maximum atomic E-state index is 10.5. The molecule has 0 aliphatic heterocycles. The smallest absolute Gasteiger partial charge is 0.407 e. The summed E-state index contributed by atoms with van der Waals surface area (Å²) in [4.78, 5) is 6.11. The first-order valence-corrected chi connectivity index (χ1v) is 30.5. The van der Waals surface area contributed by atoms with Crippen LogP contribution in [0, 0.1) is 20.8 Å². The predicted molar refractivity (Wildman–Crippen MR) is 324 cm³/mol. The van der Waals surface area contributed by atoms with Gasteiger partial charge in [-0.15, -0.1) is 0 Å². The van der Waals surface area contributed by atoms with Crippen molar-refractivity contribution in [3.63, 3.8) is 0 Å². The minimum Gasteiger partial charge on any atom is -0.407 e. The molecule has 0 aliphatic carbocycles. The summed E-state index contributed by atoms with van der Waals surface area (Å²) in [6, 6.07) is 38.9. The molecule has 6 aromatic carbocycles. The second kappa shape index (κ2) is 24.6. The highest BCUT2D eigenvalue weighted by Crippen LogP contribution is 2.53. The van der Waals surface area contributed by atoms with Crippen LogP contribution in [-0.2, 0) is 32.5 Å². The van der Waals surface area contributed by atoms with E-state index in [1.807, 2.05) is 0 Å². The molecule has 0 aliphatic rings. The highest BCUT2D eigenvalue weighted by atomic mass is 32.2. The number of aliphatic hydroxyl groups excluding tert-OH is 3. The van der Waals surface area contributed by atoms with Gasteiger partial charge in [0.2, 0.25) is 0 Å². The van der Waals surface area contributed by atoms with Gasteiger partial charge >= 0.3 is 8.60 Å². The molecule has 0 fully saturated rings. The normalized spacial score (nSPS) is 15.1. The van der Waals surface area contributed by atoms with Gasteiger partial charge in [0.05, 0.1) is 34.5 Å². The zero-order chi connectivity index (χ0) is 56.2. The lowest BCUT2D eigenvalue weighted by atomic mass is 9.77. The van der Waals surface area contributed by atoms with Gasteiger partial charge in [-0.25, -0.2) is 0 Å². The molecular weight excluding hydrogens is 1020 g/mol. The number of rotatable bonds is 21. The molecule has 0 radical (unpaired) electrons. The summed E-state index contributed by atoms with van der Waals surface area (Å²) in [5.74, 6) is 1.96. The van der Waals surface area contributed by atoms with Crippen molar-refractivity contribution < 1.29 is 28.9 Å². The summed E-state index contributed by atoms with van der Waals surface area (Å²) in [6.45, 7) is 39.4. The maximum absolute atomic E-state index is 10.5. The molecule has 0 aromatic heterocycles. The van der Waals surface area contributed by atoms with Crippen LogP contribution in [-0.4, -0.2) is 35.1 Å². The molecule has 6 nitrogen and oxygen atoms in total. The second-order valence-electron chi connectivity index (χ2n) is 24.8. The van der Waals surface area contributed by atoms with Crippen molar-refractivity contribution in [2.24, 2.45) is 0 Å². The van der Waals surface area contributed by atoms with Crippen LogP contribution in [0.1, 0.15) is 173 Å². The van der Waals surface area contributed by atoms with Crippen molar-refractivity contribution in [2.45, 2.75) is 206 Å². The molecule has 0 saturated carbocycles. The van der Waals surface area contributed by atoms with Crippen LogP contribution in [0.15, 0.2) is 139 Å². The van der Waals surface area contributed by atoms with Crippen LogP contribution in [0.5, 0.6) is 17.2 Å². The lowest BCUT2D eigenvalue weighted by molar-refractivity contribution is 0.201. The first kappa shape index (κ1) is 61.3. The molecule has 3 unspecified atom stereocenters. The molecule has 0 spiro atoms. The topological polar surface area (TPSA) is 88.4 Å². The number of hydrogen-bond acceptors (Lipinski definition) is 9. The number of aliphatic hydroxyl groups is 3. The van der Waals surface area contributed by atoms with E-state index in [2.05, 4.69) is 234 Å². The predicted octanol–water partition coefficient (Wildman–Crippen LogP) is 18.7. The lowest BCUT2D eigenvalue weighted by Gasteiger charge is -2.30. The van der Waals surface area contributed by atoms with E-state index in [0.717, 1.165) is 82.0 Å². The standard InChI is InChI=1S/C66H87O6PS3/c1-19-64(16,40-67)46-25-31-55(49(37-46)61(7,8)9)74-58-28-22-43(4)34-52(58)70-73(71-53-35-44(5)23-29-59(53)75-56-32-26-47(65(17,20-2)41-68)38-50(56)62(10,11)12)72-54-36-45(6)24-30-60(54)76-57-33-27-48(66(18,21-3)42-69)39-51(57)63(13,14)15/h22-39,67-69H,19-21,40-42H2,1-18H3. The Kier molecular flexibility index (Phi) is 19.9. The van der Waals surface area contributed by atoms with E-state index in [1.165, 1.54) is 16.7 Å². The van der Waals surface area contributed by atoms with Gasteiger partial charge in [0, 0.05) is 30.9 Å². The SMILES string of the molecule is CCC(C)(CO)c1ccc(Sc2ccc(C)cc2OP(Oc2cc(C)ccc2Sc2ccc(C(C)(CC)CO)cc2C(C)(C)C)Oc2cc(C)ccc2Sc2ccc(C(C)(CC)CO)cc2C(C)(C)C)c(C(C)(C)C)c1. The number of benzene rings is 6. The minimum absolute atomic E-state index is 0.0710. The summed E-state index contributed by atoms with van der Waals surface area (Å²) in [7, 11) is -2.19. The molecule has 10 heteroatoms. The van der Waals surface area contributed by atoms with Crippen molar-refractivity contribution in [1.29, 1.82) is 0 Å². The van der Waals surface area contributed by atoms with Crippen LogP contribution in [0.3, 0.4) is 0 Å². The van der Waals surface area contributed by atoms with Gasteiger partial charge in [0.1, 0.15) is 17.2 Å². The van der Waals surface area contributed by atoms with E-state index in [4.69, 9.17) is 13.6 Å². The maximum Gasteiger partial charge on any atom is 0.530 e. The van der Waals surface area contributed by atoms with E-state index >= 15 is 0 Å². The van der Waals surface area contributed by atoms with Crippen molar-refractivity contribution in [2.75, 3.05) is 19.8 Å². The largest absolute Gasteiger partial charge is 0.530 e. The molecule has 0 saturated heterocycles. The van der Waals surface area contributed by atoms with Crippen molar-refractivity contribution in [1.82, 2.24) is 0 Å². The highest BCUT2D eigenvalue weighted by Gasteiger charge is 2.33. The van der Waals surface area contributed by atoms with Crippen LogP contribution in [0.4, 0.5) is 0 Å². The van der Waals surface area contributed by atoms with Crippen molar-refractivity contribution >= 4 is 43.9 Å². The van der Waals surface area contributed by atoms with Crippen LogP contribution < -0.4 is 13.6 Å². The molecule has 76 heavy (non-hydrogen) atoms. The van der Waals surface area contributed by atoms with Gasteiger partial charge in [-0.2, -0.15) is 0 Å². The van der Waals surface area contributed by atoms with Crippen molar-refractivity contribution in [3.8, 4) is 17.2 Å². The number of aryl methyl sites for hydroxylation is 3. The molecular formula is C66H87O6PS3. The second-order valence-corrected chi connectivity index (χ2v) is 29.0. The van der Waals surface area contributed by atoms with E-state index in [1.54, 1.807) is 35.3 Å². The van der Waals surface area contributed by atoms with E-state index in [-0.39, 0.29) is 52.3 Å². The summed E-state index contributed by atoms with van der Waals surface area (Å²) in [5, 5.41) is 31.6. The van der Waals surface area contributed by atoms with Crippen LogP contribution in [0.2, 0.25) is 0 Å². The third-order valence-electron chi connectivity index (χ3n) is 15.3. The first-order chi connectivity index (χ1) is 35.5. The summed E-state index contributed by atoms with van der Waals surface area (Å²) < 4.78 is 21.7. The molecule has 410 valence electrons. The average molecular weight is 1100 g/mol. The Balaban J connectivity index is 1.50. The van der Waals surface area contributed by atoms with Crippen molar-refractivity contribution in [3.05, 3.63) is 159 Å². The third-order valence-corrected chi connectivity index (χ3v) is 19.8. The summed E-state index contributed by atoms with van der Waals surface area (Å²) >= 11 is 5.02. The Morgan fingerprint density at radius 1 is 0.355 bits per heavy atom. The number of hydrogen-bond donors (Lipinski definition) is 3. The molecule has 6 aromatic rings. The fraction of sp³-hybridized carbons (Fsp3) is 0.455. The fourth-order valence-corrected chi connectivity index (χ4v) is 13.7. The Hall–Kier alpha value is -3.92. The van der Waals surface area contributed by atoms with E-state index in [0.29, 0.717) is 17.2 Å². The van der Waals surface area contributed by atoms with Gasteiger partial charge in [-0.1, -0.05) is 194 Å². The zero-order valence-corrected chi connectivity index (χ0v) is 52.2. The van der Waals surface area contributed by atoms with Gasteiger partial charge in [-0.05, 0) is 161 Å². The molecule has 0 heterocycles. The fourth-order valence-electron chi connectivity index (χ4n) is 8.93. The van der Waals surface area contributed by atoms with E-state index < -0.39 is 8.60 Å². The first-order valence-electron chi connectivity index (χ1n) is 27.0. The summed E-state index contributed by atoms with van der Waals surface area (Å²) in [6.07, 6.45) is 2.46. The average Bonchev–Trinajstić information content (AvgIpc) is 3.37. The molecule has 3 N–H and O–H groups in total. The zero-order valence-electron chi connectivity index (χ0n) is 48.9.